The third-order valence-electron chi connectivity index (χ3n) is 2.26. The Morgan fingerprint density at radius 1 is 1.55 bits per heavy atom. The Kier molecular flexibility index (Phi) is 5.11. The maximum absolute atomic E-state index is 11.6. The van der Waals surface area contributed by atoms with Gasteiger partial charge < -0.3 is 15.2 Å². The van der Waals surface area contributed by atoms with Gasteiger partial charge in [-0.15, -0.1) is 11.3 Å². The second-order valence-corrected chi connectivity index (χ2v) is 6.04. The first-order valence-electron chi connectivity index (χ1n) is 5.91. The summed E-state index contributed by atoms with van der Waals surface area (Å²) in [6, 6.07) is 2.54. The molecule has 0 bridgehead atoms. The number of thiophene rings is 1. The average Bonchev–Trinajstić information content (AvgIpc) is 2.72. The molecule has 0 saturated carbocycles. The van der Waals surface area contributed by atoms with Gasteiger partial charge in [0.15, 0.2) is 0 Å². The van der Waals surface area contributed by atoms with E-state index in [1.165, 1.54) is 11.3 Å². The van der Waals surface area contributed by atoms with E-state index in [-0.39, 0.29) is 6.42 Å². The average molecular weight is 296 g/mol. The molecular formula is C13H16N2O4S. The van der Waals surface area contributed by atoms with E-state index in [1.807, 2.05) is 6.07 Å². The number of alkyl carbamates (subject to hydrolysis) is 1. The van der Waals surface area contributed by atoms with Crippen LogP contribution in [0.15, 0.2) is 11.4 Å². The topological polar surface area (TPSA) is 99.4 Å². The molecule has 108 valence electrons. The molecule has 1 aromatic rings. The number of hydrogen-bond acceptors (Lipinski definition) is 5. The summed E-state index contributed by atoms with van der Waals surface area (Å²) in [5.74, 6) is -1.18. The fraction of sp³-hybridized carbons (Fsp3) is 0.462. The summed E-state index contributed by atoms with van der Waals surface area (Å²) in [5, 5.41) is 22.0. The van der Waals surface area contributed by atoms with Crippen molar-refractivity contribution in [2.45, 2.75) is 38.8 Å². The van der Waals surface area contributed by atoms with E-state index in [0.717, 1.165) is 0 Å². The zero-order valence-electron chi connectivity index (χ0n) is 11.5. The van der Waals surface area contributed by atoms with Crippen molar-refractivity contribution >= 4 is 23.4 Å². The van der Waals surface area contributed by atoms with Gasteiger partial charge in [-0.1, -0.05) is 0 Å². The lowest BCUT2D eigenvalue weighted by atomic mass is 10.1. The molecule has 1 amide bonds. The third-order valence-corrected chi connectivity index (χ3v) is 3.12. The number of ether oxygens (including phenoxy) is 1. The maximum Gasteiger partial charge on any atom is 0.408 e. The predicted octanol–water partition coefficient (Wildman–Crippen LogP) is 2.14. The number of carbonyl (C=O) groups is 2. The van der Waals surface area contributed by atoms with Crippen LogP contribution in [0.5, 0.6) is 0 Å². The lowest BCUT2D eigenvalue weighted by Gasteiger charge is -2.21. The van der Waals surface area contributed by atoms with Crippen molar-refractivity contribution in [3.8, 4) is 6.07 Å². The van der Waals surface area contributed by atoms with Crippen LogP contribution < -0.4 is 5.32 Å². The first-order valence-corrected chi connectivity index (χ1v) is 6.79. The number of amides is 1. The minimum Gasteiger partial charge on any atom is -0.480 e. The van der Waals surface area contributed by atoms with Crippen LogP contribution in [0.4, 0.5) is 4.79 Å². The molecule has 20 heavy (non-hydrogen) atoms. The number of rotatable bonds is 4. The summed E-state index contributed by atoms with van der Waals surface area (Å²) in [5.41, 5.74) is -0.103. The maximum atomic E-state index is 11.6. The SMILES string of the molecule is CC(C)(C)OC(=O)NC(Cc1ccsc1C#N)C(=O)O. The van der Waals surface area contributed by atoms with Gasteiger partial charge in [0.2, 0.25) is 0 Å². The second-order valence-electron chi connectivity index (χ2n) is 5.13. The number of nitrogens with one attached hydrogen (secondary N) is 1. The standard InChI is InChI=1S/C13H16N2O4S/c1-13(2,3)19-12(18)15-9(11(16)17)6-8-4-5-20-10(8)7-14/h4-5,9H,6H2,1-3H3,(H,15,18)(H,16,17). The highest BCUT2D eigenvalue weighted by atomic mass is 32.1. The summed E-state index contributed by atoms with van der Waals surface area (Å²) < 4.78 is 5.02. The molecule has 0 radical (unpaired) electrons. The Bertz CT molecular complexity index is 539. The summed E-state index contributed by atoms with van der Waals surface area (Å²) in [6.07, 6.45) is -0.750. The molecule has 1 unspecified atom stereocenters. The van der Waals surface area contributed by atoms with Crippen molar-refractivity contribution in [2.24, 2.45) is 0 Å². The van der Waals surface area contributed by atoms with Gasteiger partial charge in [0.05, 0.1) is 0 Å². The van der Waals surface area contributed by atoms with Gasteiger partial charge in [0.25, 0.3) is 0 Å². The van der Waals surface area contributed by atoms with Crippen LogP contribution >= 0.6 is 11.3 Å². The van der Waals surface area contributed by atoms with Crippen LogP contribution in [-0.2, 0) is 16.0 Å². The Labute approximate surface area is 121 Å². The van der Waals surface area contributed by atoms with E-state index in [0.29, 0.717) is 10.4 Å². The number of carbonyl (C=O) groups excluding carboxylic acids is 1. The quantitative estimate of drug-likeness (QED) is 0.886. The van der Waals surface area contributed by atoms with Crippen molar-refractivity contribution in [1.82, 2.24) is 5.32 Å². The normalized spacial score (nSPS) is 12.3. The van der Waals surface area contributed by atoms with Crippen molar-refractivity contribution in [1.29, 1.82) is 5.26 Å². The molecule has 0 aliphatic rings. The lowest BCUT2D eigenvalue weighted by Crippen LogP contribution is -2.44. The minimum atomic E-state index is -1.18. The molecule has 0 aliphatic heterocycles. The fourth-order valence-corrected chi connectivity index (χ4v) is 2.19. The zero-order chi connectivity index (χ0) is 15.3. The molecule has 1 atom stereocenters. The van der Waals surface area contributed by atoms with E-state index in [2.05, 4.69) is 5.32 Å². The molecule has 1 aromatic heterocycles. The van der Waals surface area contributed by atoms with E-state index < -0.39 is 23.7 Å². The molecular weight excluding hydrogens is 280 g/mol. The van der Waals surface area contributed by atoms with Gasteiger partial charge in [0, 0.05) is 6.42 Å². The van der Waals surface area contributed by atoms with Crippen molar-refractivity contribution < 1.29 is 19.4 Å². The smallest absolute Gasteiger partial charge is 0.408 e. The van der Waals surface area contributed by atoms with Crippen LogP contribution in [0.25, 0.3) is 0 Å². The summed E-state index contributed by atoms with van der Waals surface area (Å²) in [7, 11) is 0. The van der Waals surface area contributed by atoms with Gasteiger partial charge >= 0.3 is 12.1 Å². The number of carboxylic acid groups (broad SMARTS) is 1. The van der Waals surface area contributed by atoms with Crippen LogP contribution in [0.1, 0.15) is 31.2 Å². The van der Waals surface area contributed by atoms with Crippen LogP contribution in [0, 0.1) is 11.3 Å². The summed E-state index contributed by atoms with van der Waals surface area (Å²) in [4.78, 5) is 23.2. The molecule has 6 nitrogen and oxygen atoms in total. The first-order chi connectivity index (χ1) is 9.23. The number of hydrogen-bond donors (Lipinski definition) is 2. The molecule has 2 N–H and O–H groups in total. The van der Waals surface area contributed by atoms with E-state index >= 15 is 0 Å². The summed E-state index contributed by atoms with van der Waals surface area (Å²) >= 11 is 1.23. The molecule has 1 rings (SSSR count). The van der Waals surface area contributed by atoms with E-state index in [9.17, 15) is 9.59 Å². The van der Waals surface area contributed by atoms with E-state index in [1.54, 1.807) is 32.2 Å². The molecule has 0 aromatic carbocycles. The minimum absolute atomic E-state index is 0.0426. The number of nitrogens with zero attached hydrogens (tertiary/aromatic N) is 1. The molecule has 0 aliphatic carbocycles. The van der Waals surface area contributed by atoms with Gasteiger partial charge in [0.1, 0.15) is 22.6 Å². The lowest BCUT2D eigenvalue weighted by molar-refractivity contribution is -0.139. The Morgan fingerprint density at radius 3 is 2.70 bits per heavy atom. The van der Waals surface area contributed by atoms with Gasteiger partial charge in [-0.05, 0) is 37.8 Å². The second kappa shape index (κ2) is 6.39. The Hall–Kier alpha value is -2.07. The molecule has 0 saturated heterocycles. The van der Waals surface area contributed by atoms with Gasteiger partial charge in [-0.25, -0.2) is 9.59 Å². The highest BCUT2D eigenvalue weighted by Gasteiger charge is 2.25. The van der Waals surface area contributed by atoms with Crippen molar-refractivity contribution in [3.05, 3.63) is 21.9 Å². The van der Waals surface area contributed by atoms with Crippen LogP contribution in [0.2, 0.25) is 0 Å². The highest BCUT2D eigenvalue weighted by molar-refractivity contribution is 7.10. The number of nitriles is 1. The van der Waals surface area contributed by atoms with Gasteiger partial charge in [-0.2, -0.15) is 5.26 Å². The predicted molar refractivity (Wildman–Crippen MR) is 73.5 cm³/mol. The molecule has 7 heteroatoms. The summed E-state index contributed by atoms with van der Waals surface area (Å²) in [6.45, 7) is 5.07. The molecule has 0 spiro atoms. The van der Waals surface area contributed by atoms with Crippen molar-refractivity contribution in [3.63, 3.8) is 0 Å². The van der Waals surface area contributed by atoms with Crippen LogP contribution in [0.3, 0.4) is 0 Å². The fourth-order valence-electron chi connectivity index (χ4n) is 1.46. The Morgan fingerprint density at radius 2 is 2.20 bits per heavy atom. The van der Waals surface area contributed by atoms with Gasteiger partial charge in [-0.3, -0.25) is 0 Å². The first kappa shape index (κ1) is 16.0. The molecule has 1 heterocycles. The highest BCUT2D eigenvalue weighted by Crippen LogP contribution is 2.17. The molecule has 0 fully saturated rings. The third kappa shape index (κ3) is 4.90. The Balaban J connectivity index is 2.74. The number of aliphatic carboxylic acids is 1. The van der Waals surface area contributed by atoms with E-state index in [4.69, 9.17) is 15.1 Å². The number of carboxylic acids is 1. The van der Waals surface area contributed by atoms with Crippen LogP contribution in [-0.4, -0.2) is 28.8 Å². The van der Waals surface area contributed by atoms with Crippen molar-refractivity contribution in [2.75, 3.05) is 0 Å². The largest absolute Gasteiger partial charge is 0.480 e. The monoisotopic (exact) mass is 296 g/mol. The zero-order valence-corrected chi connectivity index (χ0v) is 12.3.